The Balaban J connectivity index is 1.92. The fourth-order valence-electron chi connectivity index (χ4n) is 2.33. The molecule has 7 nitrogen and oxygen atoms in total. The number of nitrogens with one attached hydrogen (secondary N) is 1. The van der Waals surface area contributed by atoms with Crippen LogP contribution in [0.5, 0.6) is 0 Å². The van der Waals surface area contributed by atoms with E-state index in [0.717, 1.165) is 9.44 Å². The van der Waals surface area contributed by atoms with Crippen LogP contribution in [0, 0.1) is 6.92 Å². The zero-order valence-electron chi connectivity index (χ0n) is 12.7. The van der Waals surface area contributed by atoms with E-state index in [9.17, 15) is 14.4 Å². The Bertz CT molecular complexity index is 979. The second-order valence-corrected chi connectivity index (χ2v) is 6.40. The number of aromatic nitrogens is 2. The van der Waals surface area contributed by atoms with Crippen LogP contribution < -0.4 is 16.6 Å². The van der Waals surface area contributed by atoms with Gasteiger partial charge in [-0.05, 0) is 25.1 Å². The van der Waals surface area contributed by atoms with Crippen molar-refractivity contribution in [1.29, 1.82) is 0 Å². The molecule has 0 aliphatic heterocycles. The Morgan fingerprint density at radius 1 is 1.39 bits per heavy atom. The first-order valence-electron chi connectivity index (χ1n) is 6.96. The third kappa shape index (κ3) is 2.85. The van der Waals surface area contributed by atoms with Crippen molar-refractivity contribution in [2.24, 2.45) is 7.05 Å². The van der Waals surface area contributed by atoms with E-state index in [0.29, 0.717) is 16.0 Å². The molecule has 0 aromatic carbocycles. The van der Waals surface area contributed by atoms with E-state index in [1.807, 2.05) is 6.92 Å². The first kappa shape index (κ1) is 15.3. The van der Waals surface area contributed by atoms with Crippen LogP contribution in [0.4, 0.5) is 0 Å². The van der Waals surface area contributed by atoms with Crippen molar-refractivity contribution in [1.82, 2.24) is 14.5 Å². The molecule has 0 aliphatic carbocycles. The number of carbonyl (C=O) groups is 1. The van der Waals surface area contributed by atoms with E-state index in [2.05, 4.69) is 5.32 Å². The standard InChI is InChI=1S/C15H15N3O4S/c1-9-6-11-13(20)17(2)15(21)18(14(11)23-9)8-12(19)16-7-10-4-3-5-22-10/h3-6H,7-8H2,1-2H3,(H,16,19). The quantitative estimate of drug-likeness (QED) is 0.771. The number of carbonyl (C=O) groups excluding carboxylic acids is 1. The molecule has 0 aliphatic rings. The molecule has 3 aromatic rings. The van der Waals surface area contributed by atoms with Crippen LogP contribution in [0.15, 0.2) is 38.5 Å². The fraction of sp³-hybridized carbons (Fsp3) is 0.267. The van der Waals surface area contributed by atoms with Gasteiger partial charge in [-0.2, -0.15) is 0 Å². The topological polar surface area (TPSA) is 86.2 Å². The third-order valence-electron chi connectivity index (χ3n) is 3.48. The van der Waals surface area contributed by atoms with Crippen LogP contribution in [-0.2, 0) is 24.9 Å². The molecule has 1 amide bonds. The van der Waals surface area contributed by atoms with Crippen molar-refractivity contribution >= 4 is 27.5 Å². The van der Waals surface area contributed by atoms with E-state index < -0.39 is 5.69 Å². The molecule has 3 aromatic heterocycles. The van der Waals surface area contributed by atoms with Gasteiger partial charge in [0.25, 0.3) is 5.56 Å². The summed E-state index contributed by atoms with van der Waals surface area (Å²) in [6.45, 7) is 1.96. The summed E-state index contributed by atoms with van der Waals surface area (Å²) >= 11 is 1.32. The first-order chi connectivity index (χ1) is 11.0. The Morgan fingerprint density at radius 3 is 2.87 bits per heavy atom. The van der Waals surface area contributed by atoms with Crippen LogP contribution in [-0.4, -0.2) is 15.0 Å². The molecule has 0 bridgehead atoms. The van der Waals surface area contributed by atoms with Gasteiger partial charge in [-0.3, -0.25) is 18.7 Å². The highest BCUT2D eigenvalue weighted by Gasteiger charge is 2.15. The van der Waals surface area contributed by atoms with Gasteiger partial charge in [0.1, 0.15) is 17.1 Å². The van der Waals surface area contributed by atoms with Crippen molar-refractivity contribution in [2.75, 3.05) is 0 Å². The van der Waals surface area contributed by atoms with Crippen molar-refractivity contribution in [3.63, 3.8) is 0 Å². The highest BCUT2D eigenvalue weighted by Crippen LogP contribution is 2.20. The molecule has 0 atom stereocenters. The summed E-state index contributed by atoms with van der Waals surface area (Å²) in [6, 6.07) is 5.22. The lowest BCUT2D eigenvalue weighted by molar-refractivity contribution is -0.121. The summed E-state index contributed by atoms with van der Waals surface area (Å²) in [5, 5.41) is 3.14. The highest BCUT2D eigenvalue weighted by atomic mass is 32.1. The molecule has 0 radical (unpaired) electrons. The van der Waals surface area contributed by atoms with Crippen LogP contribution in [0.2, 0.25) is 0 Å². The number of hydrogen-bond acceptors (Lipinski definition) is 5. The number of amides is 1. The number of rotatable bonds is 4. The number of nitrogens with zero attached hydrogens (tertiary/aromatic N) is 2. The van der Waals surface area contributed by atoms with E-state index in [1.54, 1.807) is 18.2 Å². The molecule has 0 unspecified atom stereocenters. The normalized spacial score (nSPS) is 11.0. The summed E-state index contributed by atoms with van der Waals surface area (Å²) in [5.74, 6) is 0.303. The SMILES string of the molecule is Cc1cc2c(=O)n(C)c(=O)n(CC(=O)NCc3ccco3)c2s1. The minimum Gasteiger partial charge on any atom is -0.467 e. The summed E-state index contributed by atoms with van der Waals surface area (Å²) in [5.41, 5.74) is -0.848. The maximum atomic E-state index is 12.3. The van der Waals surface area contributed by atoms with Crippen LogP contribution in [0.25, 0.3) is 10.2 Å². The van der Waals surface area contributed by atoms with Gasteiger partial charge in [0.2, 0.25) is 5.91 Å². The van der Waals surface area contributed by atoms with Gasteiger partial charge in [0.05, 0.1) is 18.2 Å². The maximum absolute atomic E-state index is 12.3. The van der Waals surface area contributed by atoms with Crippen molar-refractivity contribution in [2.45, 2.75) is 20.0 Å². The van der Waals surface area contributed by atoms with E-state index in [4.69, 9.17) is 4.42 Å². The van der Waals surface area contributed by atoms with Gasteiger partial charge in [-0.25, -0.2) is 4.79 Å². The molecular formula is C15H15N3O4S. The highest BCUT2D eigenvalue weighted by molar-refractivity contribution is 7.18. The van der Waals surface area contributed by atoms with E-state index >= 15 is 0 Å². The number of fused-ring (bicyclic) bond motifs is 1. The largest absolute Gasteiger partial charge is 0.467 e. The number of thiophene rings is 1. The Kier molecular flexibility index (Phi) is 3.91. The van der Waals surface area contributed by atoms with Gasteiger partial charge in [-0.15, -0.1) is 11.3 Å². The minimum absolute atomic E-state index is 0.149. The molecule has 1 N–H and O–H groups in total. The summed E-state index contributed by atoms with van der Waals surface area (Å²) < 4.78 is 7.49. The fourth-order valence-corrected chi connectivity index (χ4v) is 3.32. The zero-order valence-corrected chi connectivity index (χ0v) is 13.5. The maximum Gasteiger partial charge on any atom is 0.332 e. The van der Waals surface area contributed by atoms with Gasteiger partial charge in [0, 0.05) is 11.9 Å². The lowest BCUT2D eigenvalue weighted by Crippen LogP contribution is -2.40. The summed E-state index contributed by atoms with van der Waals surface area (Å²) in [6.07, 6.45) is 1.52. The molecule has 0 fully saturated rings. The molecule has 3 rings (SSSR count). The van der Waals surface area contributed by atoms with Crippen molar-refractivity contribution in [3.8, 4) is 0 Å². The summed E-state index contributed by atoms with van der Waals surface area (Å²) in [7, 11) is 1.41. The Hall–Kier alpha value is -2.61. The second kappa shape index (κ2) is 5.88. The van der Waals surface area contributed by atoms with E-state index in [-0.39, 0.29) is 24.6 Å². The zero-order chi connectivity index (χ0) is 16.6. The molecule has 0 saturated carbocycles. The van der Waals surface area contributed by atoms with Crippen molar-refractivity contribution < 1.29 is 9.21 Å². The molecule has 8 heteroatoms. The summed E-state index contributed by atoms with van der Waals surface area (Å²) in [4.78, 5) is 38.0. The minimum atomic E-state index is -0.502. The molecular weight excluding hydrogens is 318 g/mol. The van der Waals surface area contributed by atoms with Gasteiger partial charge in [-0.1, -0.05) is 0 Å². The molecule has 3 heterocycles. The van der Waals surface area contributed by atoms with Crippen LogP contribution in [0.1, 0.15) is 10.6 Å². The second-order valence-electron chi connectivity index (χ2n) is 5.16. The molecule has 0 saturated heterocycles. The smallest absolute Gasteiger partial charge is 0.332 e. The lowest BCUT2D eigenvalue weighted by Gasteiger charge is -2.09. The number of furan rings is 1. The predicted molar refractivity (Wildman–Crippen MR) is 86.6 cm³/mol. The van der Waals surface area contributed by atoms with Gasteiger partial charge in [0.15, 0.2) is 0 Å². The first-order valence-corrected chi connectivity index (χ1v) is 7.78. The average Bonchev–Trinajstić information content (AvgIpc) is 3.16. The predicted octanol–water partition coefficient (Wildman–Crippen LogP) is 0.980. The van der Waals surface area contributed by atoms with Crippen molar-refractivity contribution in [3.05, 3.63) is 55.9 Å². The average molecular weight is 333 g/mol. The third-order valence-corrected chi connectivity index (χ3v) is 4.55. The van der Waals surface area contributed by atoms with Gasteiger partial charge < -0.3 is 9.73 Å². The lowest BCUT2D eigenvalue weighted by atomic mass is 10.3. The Morgan fingerprint density at radius 2 is 2.17 bits per heavy atom. The molecule has 120 valence electrons. The number of aryl methyl sites for hydroxylation is 1. The Labute approximate surface area is 134 Å². The van der Waals surface area contributed by atoms with Crippen LogP contribution >= 0.6 is 11.3 Å². The van der Waals surface area contributed by atoms with E-state index in [1.165, 1.54) is 29.2 Å². The van der Waals surface area contributed by atoms with Crippen LogP contribution in [0.3, 0.4) is 0 Å². The molecule has 0 spiro atoms. The molecule has 23 heavy (non-hydrogen) atoms. The number of hydrogen-bond donors (Lipinski definition) is 1. The van der Waals surface area contributed by atoms with Gasteiger partial charge >= 0.3 is 5.69 Å². The monoisotopic (exact) mass is 333 g/mol.